The molecule has 0 aliphatic carbocycles. The van der Waals surface area contributed by atoms with Crippen molar-refractivity contribution in [3.8, 4) is 22.8 Å². The number of rotatable bonds is 29. The van der Waals surface area contributed by atoms with Crippen molar-refractivity contribution >= 4 is 35.9 Å². The Morgan fingerprint density at radius 3 is 1.69 bits per heavy atom. The van der Waals surface area contributed by atoms with Crippen LogP contribution in [0.15, 0.2) is 79.1 Å². The summed E-state index contributed by atoms with van der Waals surface area (Å²) in [5, 5.41) is 27.2. The van der Waals surface area contributed by atoms with E-state index in [1.165, 1.54) is 55.9 Å². The van der Waals surface area contributed by atoms with Crippen molar-refractivity contribution in [1.29, 1.82) is 0 Å². The number of nitrogens with zero attached hydrogens (tertiary/aromatic N) is 2. The first kappa shape index (κ1) is 48.3. The molecule has 4 rings (SSSR count). The lowest BCUT2D eigenvalue weighted by Gasteiger charge is -2.11. The van der Waals surface area contributed by atoms with Crippen molar-refractivity contribution < 1.29 is 70.7 Å². The average Bonchev–Trinajstić information content (AvgIpc) is 3.25. The molecule has 0 unspecified atom stereocenters. The minimum absolute atomic E-state index is 0.166. The number of methoxy groups -OCH3 is 1. The zero-order chi connectivity index (χ0) is 43.7. The van der Waals surface area contributed by atoms with Crippen LogP contribution in [0.2, 0.25) is 0 Å². The molecule has 0 bridgehead atoms. The van der Waals surface area contributed by atoms with Crippen molar-refractivity contribution in [2.24, 2.45) is 0 Å². The Morgan fingerprint density at radius 1 is 0.656 bits per heavy atom. The molecule has 1 aromatic heterocycles. The van der Waals surface area contributed by atoms with Crippen LogP contribution < -0.4 is 30.9 Å². The van der Waals surface area contributed by atoms with Crippen molar-refractivity contribution in [2.75, 3.05) is 105 Å². The van der Waals surface area contributed by atoms with Crippen LogP contribution in [-0.2, 0) is 28.4 Å². The van der Waals surface area contributed by atoms with E-state index in [4.69, 9.17) is 33.2 Å². The van der Waals surface area contributed by atoms with Crippen molar-refractivity contribution in [3.05, 3.63) is 90.3 Å². The van der Waals surface area contributed by atoms with E-state index < -0.39 is 13.5 Å². The van der Waals surface area contributed by atoms with Crippen LogP contribution in [-0.4, -0.2) is 145 Å². The molecule has 3 aromatic carbocycles. The Balaban J connectivity index is 0.932. The van der Waals surface area contributed by atoms with E-state index in [0.717, 1.165) is 0 Å². The van der Waals surface area contributed by atoms with Gasteiger partial charge >= 0.3 is 13.5 Å². The summed E-state index contributed by atoms with van der Waals surface area (Å²) < 4.78 is 79.2. The molecular weight excluding hydrogens is 810 g/mol. The van der Waals surface area contributed by atoms with Gasteiger partial charge in [-0.15, -0.1) is 13.2 Å². The van der Waals surface area contributed by atoms with E-state index in [2.05, 4.69) is 30.7 Å². The molecule has 0 spiro atoms. The Kier molecular flexibility index (Phi) is 21.2. The number of benzene rings is 3. The van der Waals surface area contributed by atoms with Gasteiger partial charge in [0, 0.05) is 47.0 Å². The van der Waals surface area contributed by atoms with E-state index in [1.54, 1.807) is 30.3 Å². The molecule has 0 fully saturated rings. The summed E-state index contributed by atoms with van der Waals surface area (Å²) in [6, 6.07) is 18.1. The Hall–Kier alpha value is -5.39. The maximum atomic E-state index is 12.8. The number of carbonyl (C=O) groups is 2. The van der Waals surface area contributed by atoms with E-state index in [9.17, 15) is 32.8 Å². The third-order valence-corrected chi connectivity index (χ3v) is 8.15. The zero-order valence-electron chi connectivity index (χ0n) is 33.5. The van der Waals surface area contributed by atoms with Gasteiger partial charge in [-0.25, -0.2) is 9.97 Å². The number of nitrogens with one attached hydrogen (secondary N) is 3. The molecule has 1 heterocycles. The third-order valence-electron chi connectivity index (χ3n) is 8.15. The monoisotopic (exact) mass is 859 g/mol. The van der Waals surface area contributed by atoms with Gasteiger partial charge < -0.3 is 63.9 Å². The van der Waals surface area contributed by atoms with Gasteiger partial charge in [-0.3, -0.25) is 9.59 Å². The minimum Gasteiger partial charge on any atom is -0.497 e. The average molecular weight is 860 g/mol. The topological polar surface area (TPSA) is 210 Å². The summed E-state index contributed by atoms with van der Waals surface area (Å²) in [5.74, 6) is -0.372. The van der Waals surface area contributed by atoms with Gasteiger partial charge in [-0.1, -0.05) is 18.2 Å². The summed E-state index contributed by atoms with van der Waals surface area (Å²) in [4.78, 5) is 33.5. The number of halogens is 3. The molecule has 61 heavy (non-hydrogen) atoms. The number of carbonyl (C=O) groups excluding carboxylic acids is 2. The molecule has 4 aromatic rings. The van der Waals surface area contributed by atoms with Crippen molar-refractivity contribution in [2.45, 2.75) is 6.36 Å². The summed E-state index contributed by atoms with van der Waals surface area (Å²) in [5.41, 5.74) is 2.59. The molecule has 21 heteroatoms. The first-order chi connectivity index (χ1) is 29.5. The van der Waals surface area contributed by atoms with Crippen LogP contribution in [0.4, 0.5) is 24.7 Å². The fourth-order valence-corrected chi connectivity index (χ4v) is 5.24. The number of alkyl halides is 3. The van der Waals surface area contributed by atoms with Gasteiger partial charge in [0.05, 0.1) is 92.1 Å². The van der Waals surface area contributed by atoms with Gasteiger partial charge in [0.2, 0.25) is 0 Å². The normalized spacial score (nSPS) is 11.2. The molecule has 0 saturated carbocycles. The summed E-state index contributed by atoms with van der Waals surface area (Å²) >= 11 is 0. The van der Waals surface area contributed by atoms with Crippen molar-refractivity contribution in [3.63, 3.8) is 0 Å². The van der Waals surface area contributed by atoms with E-state index in [0.29, 0.717) is 107 Å². The molecule has 17 nitrogen and oxygen atoms in total. The predicted octanol–water partition coefficient (Wildman–Crippen LogP) is 2.73. The molecule has 0 aliphatic rings. The van der Waals surface area contributed by atoms with E-state index in [1.807, 2.05) is 0 Å². The molecule has 0 radical (unpaired) electrons. The summed E-state index contributed by atoms with van der Waals surface area (Å²) in [7, 11) is -0.324. The number of anilines is 2. The smallest absolute Gasteiger partial charge is 0.497 e. The van der Waals surface area contributed by atoms with Gasteiger partial charge in [-0.05, 0) is 48.5 Å². The Labute approximate surface area is 350 Å². The largest absolute Gasteiger partial charge is 0.573 e. The molecule has 0 saturated heterocycles. The zero-order valence-corrected chi connectivity index (χ0v) is 33.5. The number of aromatic nitrogens is 2. The predicted molar refractivity (Wildman–Crippen MR) is 216 cm³/mol. The fourth-order valence-electron chi connectivity index (χ4n) is 5.24. The highest BCUT2D eigenvalue weighted by atomic mass is 19.4. The van der Waals surface area contributed by atoms with Crippen LogP contribution in [0.5, 0.6) is 11.5 Å². The second-order valence-electron chi connectivity index (χ2n) is 12.6. The van der Waals surface area contributed by atoms with Crippen LogP contribution >= 0.6 is 0 Å². The van der Waals surface area contributed by atoms with Gasteiger partial charge in [-0.2, -0.15) is 0 Å². The number of amides is 2. The quantitative estimate of drug-likeness (QED) is 0.0393. The van der Waals surface area contributed by atoms with E-state index in [-0.39, 0.29) is 48.5 Å². The van der Waals surface area contributed by atoms with Gasteiger partial charge in [0.1, 0.15) is 23.6 Å². The standard InChI is InChI=1S/C40H49BF3N5O12/c1-54-36-26-31(5-10-34(36)41(52)53)39(51)46-12-14-56-16-18-58-20-22-60-24-23-59-21-19-57-17-15-55-13-11-45-38(50)30-4-2-3-29(25-30)35-27-37(48-28-47-35)49-32-6-8-33(9-7-32)61-40(42,43)44/h2-10,25-28,52-53H,11-24H2,1H3,(H,45,50)(H,46,51)(H,47,48,49). The van der Waals surface area contributed by atoms with Crippen molar-refractivity contribution in [1.82, 2.24) is 20.6 Å². The highest BCUT2D eigenvalue weighted by Crippen LogP contribution is 2.26. The first-order valence-electron chi connectivity index (χ1n) is 19.1. The lowest BCUT2D eigenvalue weighted by molar-refractivity contribution is -0.274. The minimum atomic E-state index is -4.78. The Bertz CT molecular complexity index is 1910. The number of hydrogen-bond donors (Lipinski definition) is 5. The highest BCUT2D eigenvalue weighted by Gasteiger charge is 2.31. The fraction of sp³-hybridized carbons (Fsp3) is 0.400. The Morgan fingerprint density at radius 2 is 1.18 bits per heavy atom. The second-order valence-corrected chi connectivity index (χ2v) is 12.6. The molecule has 330 valence electrons. The van der Waals surface area contributed by atoms with Crippen LogP contribution in [0.3, 0.4) is 0 Å². The van der Waals surface area contributed by atoms with E-state index >= 15 is 0 Å². The lowest BCUT2D eigenvalue weighted by atomic mass is 9.79. The first-order valence-corrected chi connectivity index (χ1v) is 19.1. The second kappa shape index (κ2) is 26.7. The maximum Gasteiger partial charge on any atom is 0.573 e. The third kappa shape index (κ3) is 18.8. The number of ether oxygens (including phenoxy) is 8. The molecule has 0 atom stereocenters. The van der Waals surface area contributed by atoms with Crippen LogP contribution in [0.1, 0.15) is 20.7 Å². The molecule has 0 aliphatic heterocycles. The van der Waals surface area contributed by atoms with Gasteiger partial charge in [0.15, 0.2) is 0 Å². The molecule has 5 N–H and O–H groups in total. The van der Waals surface area contributed by atoms with Crippen LogP contribution in [0, 0.1) is 0 Å². The SMILES string of the molecule is COc1cc(C(=O)NCCOCCOCCOCCOCCOCCOCCNC(=O)c2cccc(-c3cc(Nc4ccc(OC(F)(F)F)cc4)ncn3)c2)ccc1B(O)O. The molecular formula is C40H49BF3N5O12. The number of hydrogen-bond acceptors (Lipinski definition) is 15. The summed E-state index contributed by atoms with van der Waals surface area (Å²) in [6.07, 6.45) is -3.44. The lowest BCUT2D eigenvalue weighted by Crippen LogP contribution is -2.32. The highest BCUT2D eigenvalue weighted by molar-refractivity contribution is 6.59. The molecule has 2 amide bonds. The van der Waals surface area contributed by atoms with Gasteiger partial charge in [0.25, 0.3) is 11.8 Å². The summed E-state index contributed by atoms with van der Waals surface area (Å²) in [6.45, 7) is 4.96. The van der Waals surface area contributed by atoms with Crippen LogP contribution in [0.25, 0.3) is 11.3 Å². The maximum absolute atomic E-state index is 12.8.